The van der Waals surface area contributed by atoms with Gasteiger partial charge in [-0.2, -0.15) is 0 Å². The monoisotopic (exact) mass is 891 g/mol. The number of phenols is 1. The number of halogens is 4. The number of nitrogens with zero attached hydrogens (tertiary/aromatic N) is 5. The molecule has 15 nitrogen and oxygen atoms in total. The molecule has 19 heteroatoms. The molecule has 0 bridgehead atoms. The van der Waals surface area contributed by atoms with Crippen molar-refractivity contribution >= 4 is 108 Å². The topological polar surface area (TPSA) is 194 Å². The van der Waals surface area contributed by atoms with Crippen LogP contribution < -0.4 is 14.5 Å². The van der Waals surface area contributed by atoms with Crippen LogP contribution in [0.15, 0.2) is 35.9 Å². The zero-order valence-corrected chi connectivity index (χ0v) is 30.9. The minimum Gasteiger partial charge on any atom is -0.504 e. The number of allylic oxidation sites excluding steroid dienone is 2. The number of phenolic OH excluding ortho intramolecular Hbond substituents is 1. The zero-order chi connectivity index (χ0) is 36.1. The second kappa shape index (κ2) is 12.1. The zero-order valence-electron chi connectivity index (χ0n) is 25.7. The van der Waals surface area contributed by atoms with Gasteiger partial charge in [-0.05, 0) is 59.0 Å². The summed E-state index contributed by atoms with van der Waals surface area (Å²) in [6.07, 6.45) is 1.34. The number of carbonyl (C=O) groups excluding carboxylic acids is 4. The van der Waals surface area contributed by atoms with Crippen LogP contribution in [0.1, 0.15) is 24.3 Å². The second-order valence-corrected chi connectivity index (χ2v) is 15.2. The fourth-order valence-electron chi connectivity index (χ4n) is 7.75. The number of ether oxygens (including phenoxy) is 1. The number of nitro benzene ring substituents is 2. The van der Waals surface area contributed by atoms with Crippen molar-refractivity contribution in [3.8, 4) is 11.5 Å². The van der Waals surface area contributed by atoms with E-state index in [1.165, 1.54) is 32.2 Å². The molecule has 2 aliphatic carbocycles. The molecule has 6 unspecified atom stereocenters. The van der Waals surface area contributed by atoms with Gasteiger partial charge < -0.3 is 14.7 Å². The molecule has 4 amide bonds. The molecule has 6 rings (SSSR count). The molecule has 0 radical (unpaired) electrons. The Labute approximate surface area is 309 Å². The van der Waals surface area contributed by atoms with Crippen LogP contribution in [0, 0.1) is 41.6 Å². The maximum atomic E-state index is 14.4. The number of nitro groups is 2. The summed E-state index contributed by atoms with van der Waals surface area (Å²) >= 11 is 19.5. The number of carbonyl (C=O) groups is 4. The maximum absolute atomic E-state index is 14.4. The molecule has 258 valence electrons. The molecule has 4 aliphatic rings. The Hall–Kier alpha value is -3.55. The smallest absolute Gasteiger partial charge is 0.301 e. The van der Waals surface area contributed by atoms with E-state index in [2.05, 4.69) is 15.9 Å². The first kappa shape index (κ1) is 35.3. The van der Waals surface area contributed by atoms with E-state index in [4.69, 9.17) is 27.9 Å². The van der Waals surface area contributed by atoms with Crippen molar-refractivity contribution < 1.29 is 38.9 Å². The number of aromatic hydroxyl groups is 1. The number of anilines is 2. The van der Waals surface area contributed by atoms with Crippen LogP contribution >= 0.6 is 61.7 Å². The molecule has 6 atom stereocenters. The highest BCUT2D eigenvalue weighted by atomic mass is 127. The first-order chi connectivity index (χ1) is 23.0. The lowest BCUT2D eigenvalue weighted by molar-refractivity contribution is -0.392. The Balaban J connectivity index is 1.53. The molecule has 2 aromatic rings. The van der Waals surface area contributed by atoms with Crippen LogP contribution in [0.5, 0.6) is 11.5 Å². The molecule has 0 aromatic heterocycles. The predicted octanol–water partition coefficient (Wildman–Crippen LogP) is 4.80. The van der Waals surface area contributed by atoms with Gasteiger partial charge in [0.2, 0.25) is 11.8 Å². The average molecular weight is 893 g/mol. The van der Waals surface area contributed by atoms with Gasteiger partial charge in [0.15, 0.2) is 26.9 Å². The molecule has 49 heavy (non-hydrogen) atoms. The quantitative estimate of drug-likeness (QED) is 0.0764. The number of likely N-dealkylation sites (tertiary alicyclic amines) is 1. The van der Waals surface area contributed by atoms with Crippen LogP contribution in [0.3, 0.4) is 0 Å². The van der Waals surface area contributed by atoms with Crippen LogP contribution in [0.2, 0.25) is 0 Å². The number of methoxy groups -OCH3 is 1. The molecule has 2 aromatic carbocycles. The Bertz CT molecular complexity index is 1910. The predicted molar refractivity (Wildman–Crippen MR) is 187 cm³/mol. The van der Waals surface area contributed by atoms with E-state index >= 15 is 0 Å². The first-order valence-electron chi connectivity index (χ1n) is 14.5. The lowest BCUT2D eigenvalue weighted by Gasteiger charge is -2.50. The van der Waals surface area contributed by atoms with E-state index in [-0.39, 0.29) is 41.2 Å². The van der Waals surface area contributed by atoms with Crippen molar-refractivity contribution in [2.24, 2.45) is 17.8 Å². The van der Waals surface area contributed by atoms with E-state index < -0.39 is 78.3 Å². The second-order valence-electron chi connectivity index (χ2n) is 12.3. The average Bonchev–Trinajstić information content (AvgIpc) is 3.38. The summed E-state index contributed by atoms with van der Waals surface area (Å²) < 4.78 is 5.70. The van der Waals surface area contributed by atoms with E-state index in [0.717, 1.165) is 17.0 Å². The van der Waals surface area contributed by atoms with Gasteiger partial charge in [0.1, 0.15) is 0 Å². The summed E-state index contributed by atoms with van der Waals surface area (Å²) in [5.41, 5.74) is -1.47. The minimum absolute atomic E-state index is 0.0209. The van der Waals surface area contributed by atoms with Crippen LogP contribution in [-0.4, -0.2) is 79.9 Å². The third-order valence-corrected chi connectivity index (χ3v) is 12.5. The molecular formula is C30H25BrCl2IN5O10. The highest BCUT2D eigenvalue weighted by Crippen LogP contribution is 2.66. The molecule has 1 N–H and O–H groups in total. The summed E-state index contributed by atoms with van der Waals surface area (Å²) in [6, 6.07) is 4.91. The fourth-order valence-corrected chi connectivity index (χ4v) is 9.80. The number of hydrogen-bond acceptors (Lipinski definition) is 11. The van der Waals surface area contributed by atoms with Crippen molar-refractivity contribution in [2.45, 2.75) is 28.5 Å². The maximum Gasteiger partial charge on any atom is 0.301 e. The van der Waals surface area contributed by atoms with Crippen molar-refractivity contribution in [3.05, 3.63) is 65.3 Å². The van der Waals surface area contributed by atoms with Crippen LogP contribution in [-0.2, 0) is 19.2 Å². The van der Waals surface area contributed by atoms with Gasteiger partial charge in [-0.3, -0.25) is 44.3 Å². The van der Waals surface area contributed by atoms with Gasteiger partial charge in [0, 0.05) is 32.1 Å². The number of hydrogen-bond donors (Lipinski definition) is 1. The van der Waals surface area contributed by atoms with Gasteiger partial charge in [-0.15, -0.1) is 23.2 Å². The summed E-state index contributed by atoms with van der Waals surface area (Å²) in [5, 5.41) is 34.7. The third kappa shape index (κ3) is 4.78. The van der Waals surface area contributed by atoms with Crippen LogP contribution in [0.25, 0.3) is 0 Å². The Kier molecular flexibility index (Phi) is 8.68. The Morgan fingerprint density at radius 1 is 1.04 bits per heavy atom. The van der Waals surface area contributed by atoms with Crippen molar-refractivity contribution in [1.82, 2.24) is 4.90 Å². The molecule has 2 aliphatic heterocycles. The SMILES string of the molecule is COc1cc(C2C3=CCC4C(=O)N(c5cc([N+](=O)[O-])c(N(C)C)c([N+](=O)[O-])c5)C(=O)C4C3CC3(Cl)C(=O)N(CBr)C(=O)C23Cl)cc(I)c1O. The number of alkyl halides is 3. The lowest BCUT2D eigenvalue weighted by atomic mass is 9.56. The van der Waals surface area contributed by atoms with Crippen molar-refractivity contribution in [2.75, 3.05) is 36.5 Å². The van der Waals surface area contributed by atoms with E-state index in [1.54, 1.807) is 12.1 Å². The Morgan fingerprint density at radius 2 is 1.65 bits per heavy atom. The van der Waals surface area contributed by atoms with Gasteiger partial charge in [-0.25, -0.2) is 4.90 Å². The Morgan fingerprint density at radius 3 is 2.18 bits per heavy atom. The standard InChI is InChI=1S/C30H25BrCl2IN5O10/c1-35(2)23-18(38(45)46)8-13(9-19(23)39(47)48)37-25(41)15-5-4-14-16(21(15)26(37)42)10-29(32)27(43)36(11-31)28(44)30(29,33)22(14)12-6-17(34)24(40)20(7-12)49-3/h4,6-9,15-16,21-22,40H,5,10-11H2,1-3H3. The minimum atomic E-state index is -2.10. The van der Waals surface area contributed by atoms with Gasteiger partial charge in [0.25, 0.3) is 11.8 Å². The van der Waals surface area contributed by atoms with Gasteiger partial charge >= 0.3 is 11.4 Å². The largest absolute Gasteiger partial charge is 0.504 e. The van der Waals surface area contributed by atoms with E-state index in [1.807, 2.05) is 22.6 Å². The van der Waals surface area contributed by atoms with E-state index in [0.29, 0.717) is 19.6 Å². The number of benzene rings is 2. The van der Waals surface area contributed by atoms with E-state index in [9.17, 15) is 44.5 Å². The molecule has 1 saturated carbocycles. The number of imide groups is 2. The molecule has 2 heterocycles. The van der Waals surface area contributed by atoms with Crippen molar-refractivity contribution in [1.29, 1.82) is 0 Å². The first-order valence-corrected chi connectivity index (χ1v) is 17.5. The summed E-state index contributed by atoms with van der Waals surface area (Å²) in [6.45, 7) is 0. The normalized spacial score (nSPS) is 29.0. The molecule has 2 saturated heterocycles. The molecule has 0 spiro atoms. The summed E-state index contributed by atoms with van der Waals surface area (Å²) in [5.74, 6) is -7.54. The highest BCUT2D eigenvalue weighted by molar-refractivity contribution is 14.1. The number of amides is 4. The fraction of sp³-hybridized carbons (Fsp3) is 0.400. The van der Waals surface area contributed by atoms with Gasteiger partial charge in [0.05, 0.1) is 43.5 Å². The molecule has 3 fully saturated rings. The number of rotatable bonds is 7. The summed E-state index contributed by atoms with van der Waals surface area (Å²) in [4.78, 5) is 77.3. The van der Waals surface area contributed by atoms with Gasteiger partial charge in [-0.1, -0.05) is 27.6 Å². The molecular weight excluding hydrogens is 868 g/mol. The third-order valence-electron chi connectivity index (χ3n) is 9.77. The number of fused-ring (bicyclic) bond motifs is 4. The highest BCUT2D eigenvalue weighted by Gasteiger charge is 2.76. The summed E-state index contributed by atoms with van der Waals surface area (Å²) in [7, 11) is 4.11. The van der Waals surface area contributed by atoms with Crippen molar-refractivity contribution in [3.63, 3.8) is 0 Å². The lowest BCUT2D eigenvalue weighted by Crippen LogP contribution is -2.60. The van der Waals surface area contributed by atoms with Crippen LogP contribution in [0.4, 0.5) is 22.7 Å².